The van der Waals surface area contributed by atoms with E-state index in [0.717, 1.165) is 17.9 Å². The molecule has 1 heterocycles. The van der Waals surface area contributed by atoms with Crippen LogP contribution in [0.15, 0.2) is 5.10 Å². The number of rotatable bonds is 6. The van der Waals surface area contributed by atoms with Crippen molar-refractivity contribution in [2.24, 2.45) is 5.10 Å². The molecular formula is C11H19N3O2S. The lowest BCUT2D eigenvalue weighted by molar-refractivity contribution is -0.121. The molecule has 1 aliphatic rings. The molecule has 0 aromatic rings. The molecule has 1 unspecified atom stereocenters. The van der Waals surface area contributed by atoms with Crippen molar-refractivity contribution in [2.45, 2.75) is 39.2 Å². The zero-order chi connectivity index (χ0) is 12.7. The summed E-state index contributed by atoms with van der Waals surface area (Å²) in [5, 5.41) is 6.65. The van der Waals surface area contributed by atoms with Crippen LogP contribution in [0.4, 0.5) is 0 Å². The highest BCUT2D eigenvalue weighted by Gasteiger charge is 2.19. The van der Waals surface area contributed by atoms with E-state index >= 15 is 0 Å². The Balaban J connectivity index is 2.31. The molecule has 5 nitrogen and oxygen atoms in total. The Morgan fingerprint density at radius 1 is 1.59 bits per heavy atom. The molecular weight excluding hydrogens is 238 g/mol. The average molecular weight is 257 g/mol. The lowest BCUT2D eigenvalue weighted by Gasteiger charge is -2.16. The largest absolute Gasteiger partial charge is 0.348 e. The molecule has 2 amide bonds. The first-order valence-electron chi connectivity index (χ1n) is 5.87. The van der Waals surface area contributed by atoms with E-state index in [1.54, 1.807) is 0 Å². The number of nitrogens with one attached hydrogen (secondary N) is 2. The first-order chi connectivity index (χ1) is 8.13. The fraction of sp³-hybridized carbons (Fsp3) is 0.727. The number of hydrogen-bond acceptors (Lipinski definition) is 4. The van der Waals surface area contributed by atoms with E-state index in [0.29, 0.717) is 18.6 Å². The fourth-order valence-corrected chi connectivity index (χ4v) is 2.23. The standard InChI is InChI=1S/C11H19N3O2S/c1-3-17-7-6-8(2)12-11(16)9-4-5-10(15)14-13-9/h8H,3-7H2,1-2H3,(H,12,16)(H,14,15). The van der Waals surface area contributed by atoms with Gasteiger partial charge in [-0.15, -0.1) is 0 Å². The van der Waals surface area contributed by atoms with Gasteiger partial charge in [-0.2, -0.15) is 16.9 Å². The molecule has 1 rings (SSSR count). The molecule has 1 atom stereocenters. The first-order valence-corrected chi connectivity index (χ1v) is 7.03. The summed E-state index contributed by atoms with van der Waals surface area (Å²) in [6.07, 6.45) is 1.71. The highest BCUT2D eigenvalue weighted by molar-refractivity contribution is 7.99. The van der Waals surface area contributed by atoms with Crippen LogP contribution in [0.2, 0.25) is 0 Å². The second-order valence-corrected chi connectivity index (χ2v) is 5.35. The number of amides is 2. The van der Waals surface area contributed by atoms with Crippen molar-refractivity contribution >= 4 is 29.3 Å². The summed E-state index contributed by atoms with van der Waals surface area (Å²) in [5.41, 5.74) is 2.74. The minimum atomic E-state index is -0.168. The summed E-state index contributed by atoms with van der Waals surface area (Å²) < 4.78 is 0. The highest BCUT2D eigenvalue weighted by Crippen LogP contribution is 2.05. The molecule has 0 saturated carbocycles. The van der Waals surface area contributed by atoms with Crippen LogP contribution in [0.3, 0.4) is 0 Å². The normalized spacial score (nSPS) is 17.1. The Kier molecular flexibility index (Phi) is 6.04. The molecule has 0 aromatic heterocycles. The van der Waals surface area contributed by atoms with E-state index in [2.05, 4.69) is 22.8 Å². The SMILES string of the molecule is CCSCCC(C)NC(=O)C1=NNC(=O)CC1. The molecule has 6 heteroatoms. The maximum Gasteiger partial charge on any atom is 0.267 e. The van der Waals surface area contributed by atoms with E-state index in [-0.39, 0.29) is 17.9 Å². The summed E-state index contributed by atoms with van der Waals surface area (Å²) in [6.45, 7) is 4.10. The average Bonchev–Trinajstić information content (AvgIpc) is 2.30. The van der Waals surface area contributed by atoms with E-state index in [9.17, 15) is 9.59 Å². The number of hydrogen-bond donors (Lipinski definition) is 2. The quantitative estimate of drug-likeness (QED) is 0.695. The molecule has 0 radical (unpaired) electrons. The molecule has 1 aliphatic heterocycles. The predicted octanol–water partition coefficient (Wildman–Crippen LogP) is 0.900. The Morgan fingerprint density at radius 2 is 2.35 bits per heavy atom. The highest BCUT2D eigenvalue weighted by atomic mass is 32.2. The van der Waals surface area contributed by atoms with Gasteiger partial charge in [-0.05, 0) is 24.9 Å². The second kappa shape index (κ2) is 7.32. The van der Waals surface area contributed by atoms with Crippen molar-refractivity contribution in [1.29, 1.82) is 0 Å². The maximum atomic E-state index is 11.7. The van der Waals surface area contributed by atoms with Crippen molar-refractivity contribution < 1.29 is 9.59 Å². The third-order valence-electron chi connectivity index (χ3n) is 2.44. The second-order valence-electron chi connectivity index (χ2n) is 3.95. The van der Waals surface area contributed by atoms with Gasteiger partial charge in [0.05, 0.1) is 0 Å². The number of carbonyl (C=O) groups excluding carboxylic acids is 2. The van der Waals surface area contributed by atoms with Gasteiger partial charge in [0.25, 0.3) is 5.91 Å². The number of thioether (sulfide) groups is 1. The van der Waals surface area contributed by atoms with E-state index in [1.807, 2.05) is 18.7 Å². The summed E-state index contributed by atoms with van der Waals surface area (Å²) in [6, 6.07) is 0.141. The minimum Gasteiger partial charge on any atom is -0.348 e. The van der Waals surface area contributed by atoms with Gasteiger partial charge in [-0.25, -0.2) is 5.43 Å². The Hall–Kier alpha value is -1.04. The van der Waals surface area contributed by atoms with Gasteiger partial charge in [-0.1, -0.05) is 6.92 Å². The molecule has 2 N–H and O–H groups in total. The van der Waals surface area contributed by atoms with E-state index < -0.39 is 0 Å². The minimum absolute atomic E-state index is 0.131. The topological polar surface area (TPSA) is 70.6 Å². The summed E-state index contributed by atoms with van der Waals surface area (Å²) >= 11 is 1.86. The predicted molar refractivity (Wildman–Crippen MR) is 70.0 cm³/mol. The van der Waals surface area contributed by atoms with Crippen molar-refractivity contribution in [1.82, 2.24) is 10.7 Å². The van der Waals surface area contributed by atoms with Gasteiger partial charge in [0.2, 0.25) is 5.91 Å². The number of hydrazone groups is 1. The Bertz CT molecular complexity index is 318. The van der Waals surface area contributed by atoms with Crippen LogP contribution >= 0.6 is 11.8 Å². The van der Waals surface area contributed by atoms with Crippen LogP contribution in [0, 0.1) is 0 Å². The molecule has 0 aromatic carbocycles. The van der Waals surface area contributed by atoms with Crippen molar-refractivity contribution in [3.63, 3.8) is 0 Å². The van der Waals surface area contributed by atoms with Gasteiger partial charge in [-0.3, -0.25) is 9.59 Å². The van der Waals surface area contributed by atoms with Gasteiger partial charge in [0, 0.05) is 18.9 Å². The van der Waals surface area contributed by atoms with Crippen LogP contribution in [0.5, 0.6) is 0 Å². The van der Waals surface area contributed by atoms with Crippen LogP contribution in [0.25, 0.3) is 0 Å². The first kappa shape index (κ1) is 14.0. The zero-order valence-corrected chi connectivity index (χ0v) is 11.1. The van der Waals surface area contributed by atoms with Crippen molar-refractivity contribution in [3.8, 4) is 0 Å². The molecule has 0 aliphatic carbocycles. The summed E-state index contributed by atoms with van der Waals surface area (Å²) in [7, 11) is 0. The van der Waals surface area contributed by atoms with Crippen molar-refractivity contribution in [2.75, 3.05) is 11.5 Å². The smallest absolute Gasteiger partial charge is 0.267 e. The fourth-order valence-electron chi connectivity index (χ4n) is 1.42. The third-order valence-corrected chi connectivity index (χ3v) is 3.38. The van der Waals surface area contributed by atoms with E-state index in [4.69, 9.17) is 0 Å². The van der Waals surface area contributed by atoms with Crippen LogP contribution in [0.1, 0.15) is 33.1 Å². The molecule has 0 spiro atoms. The number of carbonyl (C=O) groups is 2. The molecule has 17 heavy (non-hydrogen) atoms. The van der Waals surface area contributed by atoms with Gasteiger partial charge in [0.15, 0.2) is 0 Å². The van der Waals surface area contributed by atoms with Crippen LogP contribution < -0.4 is 10.7 Å². The summed E-state index contributed by atoms with van der Waals surface area (Å²) in [5.74, 6) is 1.84. The summed E-state index contributed by atoms with van der Waals surface area (Å²) in [4.78, 5) is 22.6. The number of nitrogens with zero attached hydrogens (tertiary/aromatic N) is 1. The lowest BCUT2D eigenvalue weighted by Crippen LogP contribution is -2.41. The zero-order valence-electron chi connectivity index (χ0n) is 10.3. The van der Waals surface area contributed by atoms with Crippen molar-refractivity contribution in [3.05, 3.63) is 0 Å². The molecule has 0 fully saturated rings. The Morgan fingerprint density at radius 3 is 2.94 bits per heavy atom. The van der Waals surface area contributed by atoms with Gasteiger partial charge in [0.1, 0.15) is 5.71 Å². The maximum absolute atomic E-state index is 11.7. The molecule has 0 saturated heterocycles. The van der Waals surface area contributed by atoms with Crippen LogP contribution in [-0.4, -0.2) is 35.1 Å². The lowest BCUT2D eigenvalue weighted by atomic mass is 10.1. The third kappa shape index (κ3) is 5.21. The van der Waals surface area contributed by atoms with E-state index in [1.165, 1.54) is 0 Å². The molecule has 96 valence electrons. The molecule has 0 bridgehead atoms. The van der Waals surface area contributed by atoms with Gasteiger partial charge >= 0.3 is 0 Å². The Labute approximate surface area is 106 Å². The monoisotopic (exact) mass is 257 g/mol. The van der Waals surface area contributed by atoms with Gasteiger partial charge < -0.3 is 5.32 Å². The van der Waals surface area contributed by atoms with Crippen LogP contribution in [-0.2, 0) is 9.59 Å².